The summed E-state index contributed by atoms with van der Waals surface area (Å²) < 4.78 is 16.1. The summed E-state index contributed by atoms with van der Waals surface area (Å²) in [5, 5.41) is 0. The van der Waals surface area contributed by atoms with Gasteiger partial charge in [-0.1, -0.05) is 12.1 Å². The van der Waals surface area contributed by atoms with E-state index < -0.39 is 0 Å². The van der Waals surface area contributed by atoms with E-state index >= 15 is 0 Å². The van der Waals surface area contributed by atoms with Crippen LogP contribution in [0.5, 0.6) is 17.2 Å². The summed E-state index contributed by atoms with van der Waals surface area (Å²) in [4.78, 5) is 17.1. The monoisotopic (exact) mass is 384 g/mol. The summed E-state index contributed by atoms with van der Waals surface area (Å²) in [6.07, 6.45) is 0.307. The Balaban J connectivity index is 1.64. The first-order valence-electron chi connectivity index (χ1n) is 9.44. The molecule has 0 bridgehead atoms. The molecule has 28 heavy (non-hydrogen) atoms. The Morgan fingerprint density at radius 2 is 1.57 bits per heavy atom. The highest BCUT2D eigenvalue weighted by atomic mass is 16.5. The topological polar surface area (TPSA) is 51.2 Å². The molecule has 0 spiro atoms. The van der Waals surface area contributed by atoms with Crippen molar-refractivity contribution in [2.24, 2.45) is 0 Å². The summed E-state index contributed by atoms with van der Waals surface area (Å²) in [7, 11) is 4.72. The van der Waals surface area contributed by atoms with Crippen LogP contribution >= 0.6 is 0 Å². The van der Waals surface area contributed by atoms with Crippen LogP contribution in [-0.2, 0) is 11.2 Å². The Hall–Kier alpha value is -2.89. The van der Waals surface area contributed by atoms with Crippen molar-refractivity contribution >= 4 is 11.6 Å². The van der Waals surface area contributed by atoms with E-state index in [1.54, 1.807) is 21.3 Å². The van der Waals surface area contributed by atoms with Crippen LogP contribution in [0.2, 0.25) is 0 Å². The van der Waals surface area contributed by atoms with Crippen molar-refractivity contribution < 1.29 is 19.0 Å². The molecule has 0 unspecified atom stereocenters. The first-order valence-corrected chi connectivity index (χ1v) is 9.44. The quantitative estimate of drug-likeness (QED) is 0.767. The van der Waals surface area contributed by atoms with Gasteiger partial charge in [0.25, 0.3) is 0 Å². The van der Waals surface area contributed by atoms with Crippen LogP contribution in [0, 0.1) is 6.92 Å². The lowest BCUT2D eigenvalue weighted by molar-refractivity contribution is -0.130. The van der Waals surface area contributed by atoms with Gasteiger partial charge in [0.2, 0.25) is 11.7 Å². The summed E-state index contributed by atoms with van der Waals surface area (Å²) in [5.74, 6) is 1.77. The fourth-order valence-electron chi connectivity index (χ4n) is 3.56. The van der Waals surface area contributed by atoms with Gasteiger partial charge in [0, 0.05) is 31.9 Å². The van der Waals surface area contributed by atoms with Crippen molar-refractivity contribution in [1.29, 1.82) is 0 Å². The number of amides is 1. The van der Waals surface area contributed by atoms with Crippen LogP contribution in [0.3, 0.4) is 0 Å². The van der Waals surface area contributed by atoms with Crippen LogP contribution in [0.1, 0.15) is 11.1 Å². The highest BCUT2D eigenvalue weighted by molar-refractivity contribution is 5.79. The molecule has 0 N–H and O–H groups in total. The van der Waals surface area contributed by atoms with E-state index in [-0.39, 0.29) is 5.91 Å². The second-order valence-corrected chi connectivity index (χ2v) is 6.92. The number of anilines is 1. The summed E-state index contributed by atoms with van der Waals surface area (Å²) in [6.45, 7) is 5.21. The van der Waals surface area contributed by atoms with Gasteiger partial charge in [-0.3, -0.25) is 4.79 Å². The number of benzene rings is 2. The largest absolute Gasteiger partial charge is 0.493 e. The molecule has 6 nitrogen and oxygen atoms in total. The second kappa shape index (κ2) is 8.87. The zero-order valence-corrected chi connectivity index (χ0v) is 17.0. The molecule has 0 saturated carbocycles. The SMILES string of the molecule is COc1cc(CC(=O)N2CCN(c3cccc(C)c3)CC2)cc(OC)c1OC. The van der Waals surface area contributed by atoms with Crippen LogP contribution in [0.25, 0.3) is 0 Å². The molecule has 2 aromatic carbocycles. The predicted molar refractivity (Wildman–Crippen MR) is 110 cm³/mol. The molecule has 0 radical (unpaired) electrons. The van der Waals surface area contributed by atoms with E-state index in [4.69, 9.17) is 14.2 Å². The van der Waals surface area contributed by atoms with Gasteiger partial charge in [-0.25, -0.2) is 0 Å². The standard InChI is InChI=1S/C22H28N2O4/c1-16-6-5-7-18(12-16)23-8-10-24(11-9-23)21(25)15-17-13-19(26-2)22(28-4)20(14-17)27-3/h5-7,12-14H,8-11,15H2,1-4H3. The molecule has 1 saturated heterocycles. The molecular formula is C22H28N2O4. The lowest BCUT2D eigenvalue weighted by atomic mass is 10.1. The minimum absolute atomic E-state index is 0.109. The third-order valence-corrected chi connectivity index (χ3v) is 5.08. The normalized spacial score (nSPS) is 14.0. The van der Waals surface area contributed by atoms with Gasteiger partial charge < -0.3 is 24.0 Å². The highest BCUT2D eigenvalue weighted by Gasteiger charge is 2.22. The number of methoxy groups -OCH3 is 3. The van der Waals surface area contributed by atoms with Crippen molar-refractivity contribution in [3.05, 3.63) is 47.5 Å². The van der Waals surface area contributed by atoms with Crippen molar-refractivity contribution in [3.8, 4) is 17.2 Å². The fraction of sp³-hybridized carbons (Fsp3) is 0.409. The van der Waals surface area contributed by atoms with Gasteiger partial charge in [-0.15, -0.1) is 0 Å². The highest BCUT2D eigenvalue weighted by Crippen LogP contribution is 2.38. The molecule has 1 amide bonds. The molecule has 3 rings (SSSR count). The maximum Gasteiger partial charge on any atom is 0.227 e. The Morgan fingerprint density at radius 1 is 0.929 bits per heavy atom. The second-order valence-electron chi connectivity index (χ2n) is 6.92. The summed E-state index contributed by atoms with van der Waals surface area (Å²) in [5.41, 5.74) is 3.32. The number of piperazine rings is 1. The third-order valence-electron chi connectivity index (χ3n) is 5.08. The van der Waals surface area contributed by atoms with Crippen LogP contribution in [0.4, 0.5) is 5.69 Å². The number of hydrogen-bond acceptors (Lipinski definition) is 5. The van der Waals surface area contributed by atoms with Crippen molar-refractivity contribution in [2.75, 3.05) is 52.4 Å². The molecule has 1 aliphatic rings. The smallest absolute Gasteiger partial charge is 0.227 e. The van der Waals surface area contributed by atoms with Crippen molar-refractivity contribution in [2.45, 2.75) is 13.3 Å². The Morgan fingerprint density at radius 3 is 2.11 bits per heavy atom. The number of nitrogens with zero attached hydrogens (tertiary/aromatic N) is 2. The minimum Gasteiger partial charge on any atom is -0.493 e. The zero-order valence-electron chi connectivity index (χ0n) is 17.0. The van der Waals surface area contributed by atoms with E-state index in [9.17, 15) is 4.79 Å². The first kappa shape index (κ1) is 19.9. The molecular weight excluding hydrogens is 356 g/mol. The lowest BCUT2D eigenvalue weighted by Gasteiger charge is -2.36. The van der Waals surface area contributed by atoms with E-state index in [0.29, 0.717) is 23.7 Å². The van der Waals surface area contributed by atoms with Crippen LogP contribution < -0.4 is 19.1 Å². The average molecular weight is 384 g/mol. The van der Waals surface area contributed by atoms with Gasteiger partial charge in [-0.05, 0) is 42.3 Å². The van der Waals surface area contributed by atoms with E-state index in [0.717, 1.165) is 31.7 Å². The van der Waals surface area contributed by atoms with E-state index in [2.05, 4.69) is 36.1 Å². The molecule has 1 fully saturated rings. The van der Waals surface area contributed by atoms with Crippen molar-refractivity contribution in [1.82, 2.24) is 4.90 Å². The van der Waals surface area contributed by atoms with E-state index in [1.807, 2.05) is 17.0 Å². The predicted octanol–water partition coefficient (Wildman–Crippen LogP) is 2.91. The van der Waals surface area contributed by atoms with E-state index in [1.165, 1.54) is 11.3 Å². The average Bonchev–Trinajstić information content (AvgIpc) is 2.73. The maximum absolute atomic E-state index is 12.8. The number of hydrogen-bond donors (Lipinski definition) is 0. The number of carbonyl (C=O) groups is 1. The number of aryl methyl sites for hydroxylation is 1. The molecule has 0 aromatic heterocycles. The lowest BCUT2D eigenvalue weighted by Crippen LogP contribution is -2.49. The van der Waals surface area contributed by atoms with Gasteiger partial charge in [-0.2, -0.15) is 0 Å². The minimum atomic E-state index is 0.109. The maximum atomic E-state index is 12.8. The molecule has 6 heteroatoms. The van der Waals surface area contributed by atoms with Gasteiger partial charge >= 0.3 is 0 Å². The summed E-state index contributed by atoms with van der Waals surface area (Å²) in [6, 6.07) is 12.2. The summed E-state index contributed by atoms with van der Waals surface area (Å²) >= 11 is 0. The number of ether oxygens (including phenoxy) is 3. The Bertz CT molecular complexity index is 804. The van der Waals surface area contributed by atoms with Crippen LogP contribution in [0.15, 0.2) is 36.4 Å². The van der Waals surface area contributed by atoms with Gasteiger partial charge in [0.15, 0.2) is 11.5 Å². The van der Waals surface area contributed by atoms with Gasteiger partial charge in [0.05, 0.1) is 27.8 Å². The molecule has 150 valence electrons. The molecule has 0 aliphatic carbocycles. The number of rotatable bonds is 6. The third kappa shape index (κ3) is 4.32. The number of carbonyl (C=O) groups excluding carboxylic acids is 1. The zero-order chi connectivity index (χ0) is 20.1. The fourth-order valence-corrected chi connectivity index (χ4v) is 3.56. The van der Waals surface area contributed by atoms with Crippen LogP contribution in [-0.4, -0.2) is 58.3 Å². The Kier molecular flexibility index (Phi) is 6.29. The molecule has 1 aliphatic heterocycles. The molecule has 1 heterocycles. The molecule has 0 atom stereocenters. The van der Waals surface area contributed by atoms with Crippen molar-refractivity contribution in [3.63, 3.8) is 0 Å². The van der Waals surface area contributed by atoms with Gasteiger partial charge in [0.1, 0.15) is 0 Å². The Labute approximate surface area is 166 Å². The first-order chi connectivity index (χ1) is 13.5. The molecule has 2 aromatic rings.